The number of hydrogen-bond donors (Lipinski definition) is 2. The number of aromatic nitrogens is 1. The van der Waals surface area contributed by atoms with E-state index in [9.17, 15) is 9.59 Å². The van der Waals surface area contributed by atoms with Crippen LogP contribution in [-0.2, 0) is 0 Å². The van der Waals surface area contributed by atoms with Crippen molar-refractivity contribution in [3.8, 4) is 0 Å². The highest BCUT2D eigenvalue weighted by molar-refractivity contribution is 7.14. The van der Waals surface area contributed by atoms with Crippen molar-refractivity contribution in [3.05, 3.63) is 33.5 Å². The van der Waals surface area contributed by atoms with Crippen molar-refractivity contribution in [1.82, 2.24) is 4.98 Å². The summed E-state index contributed by atoms with van der Waals surface area (Å²) >= 11 is 2.40. The Morgan fingerprint density at radius 3 is 2.75 bits per heavy atom. The van der Waals surface area contributed by atoms with E-state index >= 15 is 0 Å². The van der Waals surface area contributed by atoms with Crippen LogP contribution in [0.3, 0.4) is 0 Å². The third kappa shape index (κ3) is 2.26. The van der Waals surface area contributed by atoms with Crippen molar-refractivity contribution >= 4 is 39.7 Å². The van der Waals surface area contributed by atoms with Crippen molar-refractivity contribution in [2.75, 3.05) is 5.32 Å². The van der Waals surface area contributed by atoms with Crippen LogP contribution < -0.4 is 5.32 Å². The van der Waals surface area contributed by atoms with E-state index in [1.165, 1.54) is 16.7 Å². The van der Waals surface area contributed by atoms with Crippen LogP contribution in [0.2, 0.25) is 0 Å². The second kappa shape index (κ2) is 4.42. The lowest BCUT2D eigenvalue weighted by Crippen LogP contribution is -2.10. The molecule has 2 aromatic rings. The molecule has 16 heavy (non-hydrogen) atoms. The van der Waals surface area contributed by atoms with Crippen LogP contribution in [-0.4, -0.2) is 22.0 Å². The summed E-state index contributed by atoms with van der Waals surface area (Å²) in [4.78, 5) is 26.4. The topological polar surface area (TPSA) is 79.3 Å². The van der Waals surface area contributed by atoms with Crippen LogP contribution in [0.4, 0.5) is 5.13 Å². The van der Waals surface area contributed by atoms with Crippen LogP contribution >= 0.6 is 22.7 Å². The summed E-state index contributed by atoms with van der Waals surface area (Å²) < 4.78 is 0. The number of hydrogen-bond acceptors (Lipinski definition) is 5. The zero-order valence-corrected chi connectivity index (χ0v) is 9.47. The minimum absolute atomic E-state index is 0.0634. The van der Waals surface area contributed by atoms with Gasteiger partial charge in [0.05, 0.1) is 4.88 Å². The smallest absolute Gasteiger partial charge is 0.355 e. The highest BCUT2D eigenvalue weighted by atomic mass is 32.1. The van der Waals surface area contributed by atoms with Gasteiger partial charge in [0, 0.05) is 5.38 Å². The summed E-state index contributed by atoms with van der Waals surface area (Å²) in [7, 11) is 0. The Bertz CT molecular complexity index is 519. The van der Waals surface area contributed by atoms with Crippen LogP contribution in [0.25, 0.3) is 0 Å². The lowest BCUT2D eigenvalue weighted by atomic mass is 10.4. The summed E-state index contributed by atoms with van der Waals surface area (Å²) in [6.45, 7) is 0. The number of carboxylic acids is 1. The standard InChI is InChI=1S/C9H6N2O3S2/c12-7(6-2-1-3-15-6)11-9-10-5(4-16-9)8(13)14/h1-4H,(H,13,14)(H,10,11,12). The van der Waals surface area contributed by atoms with Gasteiger partial charge in [0.25, 0.3) is 5.91 Å². The number of amides is 1. The quantitative estimate of drug-likeness (QED) is 0.879. The first-order valence-electron chi connectivity index (χ1n) is 4.20. The highest BCUT2D eigenvalue weighted by Crippen LogP contribution is 2.17. The first kappa shape index (κ1) is 10.8. The van der Waals surface area contributed by atoms with Crippen molar-refractivity contribution < 1.29 is 14.7 Å². The Balaban J connectivity index is 2.09. The minimum atomic E-state index is -1.10. The van der Waals surface area contributed by atoms with E-state index in [-0.39, 0.29) is 16.7 Å². The van der Waals surface area contributed by atoms with E-state index in [1.54, 1.807) is 17.5 Å². The Kier molecular flexibility index (Phi) is 2.97. The summed E-state index contributed by atoms with van der Waals surface area (Å²) in [5, 5.41) is 14.6. The maximum atomic E-state index is 11.6. The van der Waals surface area contributed by atoms with E-state index < -0.39 is 5.97 Å². The average Bonchev–Trinajstić information content (AvgIpc) is 2.87. The third-order valence-electron chi connectivity index (χ3n) is 1.69. The van der Waals surface area contributed by atoms with Gasteiger partial charge in [0.1, 0.15) is 0 Å². The molecule has 0 bridgehead atoms. The number of anilines is 1. The molecule has 0 aliphatic heterocycles. The summed E-state index contributed by atoms with van der Waals surface area (Å²) in [5.74, 6) is -1.38. The first-order chi connectivity index (χ1) is 7.66. The Labute approximate surface area is 98.4 Å². The molecular weight excluding hydrogens is 248 g/mol. The normalized spacial score (nSPS) is 10.0. The number of nitrogens with zero attached hydrogens (tertiary/aromatic N) is 1. The lowest BCUT2D eigenvalue weighted by molar-refractivity contribution is 0.0691. The summed E-state index contributed by atoms with van der Waals surface area (Å²) in [6, 6.07) is 3.45. The van der Waals surface area contributed by atoms with Gasteiger partial charge in [-0.25, -0.2) is 9.78 Å². The zero-order chi connectivity index (χ0) is 11.5. The molecule has 2 N–H and O–H groups in total. The van der Waals surface area contributed by atoms with E-state index in [1.807, 2.05) is 0 Å². The highest BCUT2D eigenvalue weighted by Gasteiger charge is 2.12. The van der Waals surface area contributed by atoms with Gasteiger partial charge in [-0.3, -0.25) is 10.1 Å². The molecule has 7 heteroatoms. The molecular formula is C9H6N2O3S2. The monoisotopic (exact) mass is 254 g/mol. The van der Waals surface area contributed by atoms with Gasteiger partial charge < -0.3 is 5.11 Å². The van der Waals surface area contributed by atoms with Gasteiger partial charge in [-0.15, -0.1) is 22.7 Å². The Morgan fingerprint density at radius 2 is 2.19 bits per heavy atom. The molecule has 5 nitrogen and oxygen atoms in total. The van der Waals surface area contributed by atoms with Gasteiger partial charge in [-0.1, -0.05) is 6.07 Å². The fourth-order valence-electron chi connectivity index (χ4n) is 0.996. The van der Waals surface area contributed by atoms with Crippen molar-refractivity contribution in [2.24, 2.45) is 0 Å². The number of aromatic carboxylic acids is 1. The van der Waals surface area contributed by atoms with Crippen LogP contribution in [0.5, 0.6) is 0 Å². The molecule has 0 radical (unpaired) electrons. The van der Waals surface area contributed by atoms with Gasteiger partial charge >= 0.3 is 5.97 Å². The molecule has 2 rings (SSSR count). The third-order valence-corrected chi connectivity index (χ3v) is 3.32. The molecule has 0 aliphatic carbocycles. The fraction of sp³-hybridized carbons (Fsp3) is 0. The van der Waals surface area contributed by atoms with Crippen molar-refractivity contribution in [3.63, 3.8) is 0 Å². The molecule has 2 aromatic heterocycles. The van der Waals surface area contributed by atoms with Crippen molar-refractivity contribution in [1.29, 1.82) is 0 Å². The SMILES string of the molecule is O=C(O)c1csc(NC(=O)c2cccs2)n1. The van der Waals surface area contributed by atoms with E-state index in [4.69, 9.17) is 5.11 Å². The molecule has 0 aliphatic rings. The molecule has 0 unspecified atom stereocenters. The molecule has 1 amide bonds. The van der Waals surface area contributed by atoms with E-state index in [0.717, 1.165) is 11.3 Å². The van der Waals surface area contributed by atoms with Gasteiger partial charge in [0.2, 0.25) is 0 Å². The minimum Gasteiger partial charge on any atom is -0.476 e. The number of carbonyl (C=O) groups excluding carboxylic acids is 1. The average molecular weight is 254 g/mol. The first-order valence-corrected chi connectivity index (χ1v) is 5.96. The number of thiophene rings is 1. The second-order valence-electron chi connectivity index (χ2n) is 2.77. The summed E-state index contributed by atoms with van der Waals surface area (Å²) in [5.41, 5.74) is -0.0634. The molecule has 82 valence electrons. The lowest BCUT2D eigenvalue weighted by Gasteiger charge is -1.96. The largest absolute Gasteiger partial charge is 0.476 e. The number of rotatable bonds is 3. The maximum Gasteiger partial charge on any atom is 0.355 e. The van der Waals surface area contributed by atoms with E-state index in [0.29, 0.717) is 4.88 Å². The zero-order valence-electron chi connectivity index (χ0n) is 7.84. The number of nitrogens with one attached hydrogen (secondary N) is 1. The number of carboxylic acid groups (broad SMARTS) is 1. The predicted molar refractivity (Wildman–Crippen MR) is 61.3 cm³/mol. The Hall–Kier alpha value is -1.73. The van der Waals surface area contributed by atoms with Crippen LogP contribution in [0.15, 0.2) is 22.9 Å². The van der Waals surface area contributed by atoms with Crippen LogP contribution in [0, 0.1) is 0 Å². The van der Waals surface area contributed by atoms with Gasteiger partial charge in [0.15, 0.2) is 10.8 Å². The van der Waals surface area contributed by atoms with E-state index in [2.05, 4.69) is 10.3 Å². The molecule has 0 saturated carbocycles. The molecule has 0 atom stereocenters. The number of carbonyl (C=O) groups is 2. The number of thiazole rings is 1. The molecule has 2 heterocycles. The second-order valence-corrected chi connectivity index (χ2v) is 4.58. The molecule has 0 aromatic carbocycles. The van der Waals surface area contributed by atoms with Crippen molar-refractivity contribution in [2.45, 2.75) is 0 Å². The summed E-state index contributed by atoms with van der Waals surface area (Å²) in [6.07, 6.45) is 0. The van der Waals surface area contributed by atoms with Gasteiger partial charge in [-0.05, 0) is 11.4 Å². The Morgan fingerprint density at radius 1 is 1.38 bits per heavy atom. The fourth-order valence-corrected chi connectivity index (χ4v) is 2.29. The maximum absolute atomic E-state index is 11.6. The molecule has 0 spiro atoms. The predicted octanol–water partition coefficient (Wildman–Crippen LogP) is 2.16. The van der Waals surface area contributed by atoms with Crippen LogP contribution in [0.1, 0.15) is 20.2 Å². The molecule has 0 saturated heterocycles. The van der Waals surface area contributed by atoms with Gasteiger partial charge in [-0.2, -0.15) is 0 Å². The molecule has 0 fully saturated rings.